The highest BCUT2D eigenvalue weighted by atomic mass is 32.3. The van der Waals surface area contributed by atoms with Gasteiger partial charge in [-0.3, -0.25) is 0 Å². The van der Waals surface area contributed by atoms with Crippen molar-refractivity contribution >= 4 is 40.1 Å². The van der Waals surface area contributed by atoms with Gasteiger partial charge in [-0.1, -0.05) is 110 Å². The molecule has 4 N–H and O–H groups in total. The Balaban J connectivity index is 7.25. The van der Waals surface area contributed by atoms with E-state index in [9.17, 15) is 33.7 Å². The standard InChI is InChI=1S/C40H74N8O8S4/c1-2-3-4-21-30-39(57(49,50)45-35-26-17-9-5-13-22-31-41)40(58(51,52)46-36-27-18-10-6-14-23-32-42,59(53,54)47-37-28-19-11-7-15-24-33-43)60(55,56)48-38-29-20-12-8-16-25-34-44/h39,45-48H,2-30,35-38H2,1H3. The van der Waals surface area contributed by atoms with Gasteiger partial charge in [0.2, 0.25) is 10.0 Å². The molecule has 346 valence electrons. The van der Waals surface area contributed by atoms with Crippen LogP contribution in [0, 0.1) is 45.3 Å². The molecule has 20 heteroatoms. The molecule has 0 aromatic rings. The maximum Gasteiger partial charge on any atom is 0.330 e. The third kappa shape index (κ3) is 22.1. The number of sulfonamides is 4. The van der Waals surface area contributed by atoms with Gasteiger partial charge in [0.25, 0.3) is 30.1 Å². The van der Waals surface area contributed by atoms with Crippen molar-refractivity contribution in [1.82, 2.24) is 18.9 Å². The Hall–Kier alpha value is -2.40. The third-order valence-corrected chi connectivity index (χ3v) is 21.4. The fourth-order valence-electron chi connectivity index (χ4n) is 6.90. The monoisotopic (exact) mass is 922 g/mol. The predicted octanol–water partition coefficient (Wildman–Crippen LogP) is 7.11. The van der Waals surface area contributed by atoms with E-state index in [0.29, 0.717) is 141 Å². The SMILES string of the molecule is CCCCCCC(C(S(=O)(=O)NCCCCCCCC#N)(S(=O)(=O)NCCCCCCCC#N)S(=O)(=O)NCCCCCCCC#N)S(=O)(=O)NCCCCCCCC#N. The summed E-state index contributed by atoms with van der Waals surface area (Å²) >= 11 is 0. The molecule has 0 aliphatic carbocycles. The molecule has 0 aliphatic rings. The Kier molecular flexibility index (Phi) is 32.8. The van der Waals surface area contributed by atoms with Crippen LogP contribution in [-0.4, -0.2) is 68.5 Å². The van der Waals surface area contributed by atoms with Crippen molar-refractivity contribution in [1.29, 1.82) is 21.0 Å². The zero-order valence-electron chi connectivity index (χ0n) is 36.1. The third-order valence-electron chi connectivity index (χ3n) is 10.3. The van der Waals surface area contributed by atoms with Crippen molar-refractivity contribution in [3.05, 3.63) is 0 Å². The Bertz CT molecular complexity index is 1620. The van der Waals surface area contributed by atoms with Crippen LogP contribution >= 0.6 is 0 Å². The van der Waals surface area contributed by atoms with Gasteiger partial charge in [-0.15, -0.1) is 0 Å². The summed E-state index contributed by atoms with van der Waals surface area (Å²) in [5.41, 5.74) is 0. The zero-order chi connectivity index (χ0) is 45.1. The lowest BCUT2D eigenvalue weighted by atomic mass is 10.1. The summed E-state index contributed by atoms with van der Waals surface area (Å²) in [7, 11) is -21.8. The zero-order valence-corrected chi connectivity index (χ0v) is 39.4. The Labute approximate surface area is 364 Å². The maximum atomic E-state index is 14.9. The highest BCUT2D eigenvalue weighted by molar-refractivity contribution is 8.25. The Morgan fingerprint density at radius 3 is 0.950 bits per heavy atom. The van der Waals surface area contributed by atoms with Gasteiger partial charge in [-0.25, -0.2) is 52.6 Å². The molecule has 0 aliphatic heterocycles. The minimum Gasteiger partial charge on any atom is -0.215 e. The molecule has 16 nitrogen and oxygen atoms in total. The van der Waals surface area contributed by atoms with Crippen LogP contribution in [0.4, 0.5) is 0 Å². The fraction of sp³-hybridized carbons (Fsp3) is 0.900. The van der Waals surface area contributed by atoms with Crippen molar-refractivity contribution in [2.24, 2.45) is 0 Å². The molecular weight excluding hydrogens is 849 g/mol. The summed E-state index contributed by atoms with van der Waals surface area (Å²) in [6, 6.07) is 8.28. The van der Waals surface area contributed by atoms with Gasteiger partial charge in [-0.05, 0) is 57.8 Å². The molecule has 1 atom stereocenters. The summed E-state index contributed by atoms with van der Waals surface area (Å²) < 4.78 is 124. The molecule has 0 amide bonds. The quantitative estimate of drug-likeness (QED) is 0.0446. The number of hydrogen-bond acceptors (Lipinski definition) is 12. The first-order chi connectivity index (χ1) is 28.7. The molecule has 0 aromatic heterocycles. The van der Waals surface area contributed by atoms with Crippen LogP contribution in [0.2, 0.25) is 0 Å². The van der Waals surface area contributed by atoms with E-state index in [4.69, 9.17) is 21.0 Å². The summed E-state index contributed by atoms with van der Waals surface area (Å²) in [5, 5.41) is 32.8. The number of nitrogens with zero attached hydrogens (tertiary/aromatic N) is 4. The van der Waals surface area contributed by atoms with Crippen molar-refractivity contribution in [3.63, 3.8) is 0 Å². The molecule has 0 heterocycles. The van der Waals surface area contributed by atoms with Crippen LogP contribution in [0.5, 0.6) is 0 Å². The van der Waals surface area contributed by atoms with Crippen LogP contribution in [0.25, 0.3) is 0 Å². The first-order valence-corrected chi connectivity index (χ1v) is 28.1. The van der Waals surface area contributed by atoms with E-state index >= 15 is 0 Å². The molecule has 0 radical (unpaired) electrons. The highest BCUT2D eigenvalue weighted by Crippen LogP contribution is 2.40. The largest absolute Gasteiger partial charge is 0.330 e. The van der Waals surface area contributed by atoms with Crippen molar-refractivity contribution in [3.8, 4) is 24.3 Å². The lowest BCUT2D eigenvalue weighted by Gasteiger charge is -2.38. The summed E-state index contributed by atoms with van der Waals surface area (Å²) in [6.45, 7) is 0.690. The van der Waals surface area contributed by atoms with Crippen molar-refractivity contribution in [2.75, 3.05) is 26.2 Å². The van der Waals surface area contributed by atoms with Gasteiger partial charge in [0.1, 0.15) is 5.25 Å². The molecule has 0 saturated carbocycles. The summed E-state index contributed by atoms with van der Waals surface area (Å²) in [6.07, 6.45) is 13.9. The summed E-state index contributed by atoms with van der Waals surface area (Å²) in [4.78, 5) is 0. The molecule has 0 spiro atoms. The van der Waals surface area contributed by atoms with Crippen LogP contribution in [-0.2, 0) is 40.1 Å². The van der Waals surface area contributed by atoms with E-state index in [1.54, 1.807) is 0 Å². The first-order valence-electron chi connectivity index (χ1n) is 22.1. The molecule has 0 fully saturated rings. The van der Waals surface area contributed by atoms with E-state index in [-0.39, 0.29) is 51.9 Å². The minimum atomic E-state index is -5.59. The topological polar surface area (TPSA) is 280 Å². The second-order valence-corrected chi connectivity index (χ2v) is 23.8. The molecule has 60 heavy (non-hydrogen) atoms. The molecule has 0 rings (SSSR count). The van der Waals surface area contributed by atoms with Crippen LogP contribution in [0.1, 0.15) is 193 Å². The number of unbranched alkanes of at least 4 members (excludes halogenated alkanes) is 23. The second-order valence-electron chi connectivity index (χ2n) is 15.3. The lowest BCUT2D eigenvalue weighted by molar-refractivity contribution is 0.489. The lowest BCUT2D eigenvalue weighted by Crippen LogP contribution is -2.71. The van der Waals surface area contributed by atoms with E-state index in [1.165, 1.54) is 0 Å². The highest BCUT2D eigenvalue weighted by Gasteiger charge is 2.72. The van der Waals surface area contributed by atoms with E-state index in [2.05, 4.69) is 43.2 Å². The molecule has 1 unspecified atom stereocenters. The Morgan fingerprint density at radius 2 is 0.650 bits per heavy atom. The second kappa shape index (κ2) is 34.1. The summed E-state index contributed by atoms with van der Waals surface area (Å²) in [5.74, 6) is 0. The fourth-order valence-corrected chi connectivity index (χ4v) is 18.4. The predicted molar refractivity (Wildman–Crippen MR) is 236 cm³/mol. The van der Waals surface area contributed by atoms with Crippen molar-refractivity contribution in [2.45, 2.75) is 202 Å². The number of hydrogen-bond donors (Lipinski definition) is 4. The Morgan fingerprint density at radius 1 is 0.383 bits per heavy atom. The van der Waals surface area contributed by atoms with Crippen LogP contribution < -0.4 is 18.9 Å². The van der Waals surface area contributed by atoms with Gasteiger partial charge in [0.05, 0.1) is 24.3 Å². The van der Waals surface area contributed by atoms with Gasteiger partial charge in [-0.2, -0.15) is 21.0 Å². The van der Waals surface area contributed by atoms with Gasteiger partial charge >= 0.3 is 3.41 Å². The van der Waals surface area contributed by atoms with Crippen LogP contribution in [0.15, 0.2) is 0 Å². The van der Waals surface area contributed by atoms with Gasteiger partial charge < -0.3 is 0 Å². The normalized spacial score (nSPS) is 12.9. The molecular formula is C40H74N8O8S4. The number of rotatable bonds is 42. The molecule has 0 aromatic carbocycles. The average molecular weight is 923 g/mol. The van der Waals surface area contributed by atoms with E-state index < -0.39 is 55.2 Å². The molecule has 0 bridgehead atoms. The average Bonchev–Trinajstić information content (AvgIpc) is 3.19. The van der Waals surface area contributed by atoms with E-state index in [1.807, 2.05) is 6.92 Å². The number of nitriles is 4. The van der Waals surface area contributed by atoms with Crippen molar-refractivity contribution < 1.29 is 33.7 Å². The smallest absolute Gasteiger partial charge is 0.215 e. The van der Waals surface area contributed by atoms with E-state index in [0.717, 1.165) is 12.8 Å². The van der Waals surface area contributed by atoms with Crippen LogP contribution in [0.3, 0.4) is 0 Å². The van der Waals surface area contributed by atoms with Gasteiger partial charge in [0.15, 0.2) is 0 Å². The molecule has 0 saturated heterocycles. The number of nitrogens with one attached hydrogen (secondary N) is 4. The minimum absolute atomic E-state index is 0.0364. The first kappa shape index (κ1) is 57.6. The van der Waals surface area contributed by atoms with Gasteiger partial charge in [0, 0.05) is 51.9 Å². The maximum absolute atomic E-state index is 14.9.